The van der Waals surface area contributed by atoms with E-state index in [4.69, 9.17) is 23.2 Å². The second-order valence-corrected chi connectivity index (χ2v) is 5.17. The fraction of sp³-hybridized carbons (Fsp3) is 0. The van der Waals surface area contributed by atoms with E-state index in [1.165, 1.54) is 12.4 Å². The second-order valence-electron chi connectivity index (χ2n) is 4.29. The minimum atomic E-state index is -0.298. The Labute approximate surface area is 137 Å². The van der Waals surface area contributed by atoms with Crippen molar-refractivity contribution in [2.24, 2.45) is 0 Å². The van der Waals surface area contributed by atoms with Crippen LogP contribution >= 0.6 is 23.2 Å². The SMILES string of the molecule is O=C(N/C=C\NC(=O)c1ccc(Cl)cc1)c1ccc(Cl)cc1. The molecule has 2 N–H and O–H groups in total. The molecule has 0 unspecified atom stereocenters. The topological polar surface area (TPSA) is 58.2 Å². The van der Waals surface area contributed by atoms with Gasteiger partial charge in [0.1, 0.15) is 0 Å². The quantitative estimate of drug-likeness (QED) is 0.896. The third kappa shape index (κ3) is 4.62. The summed E-state index contributed by atoms with van der Waals surface area (Å²) in [6.45, 7) is 0. The highest BCUT2D eigenvalue weighted by Crippen LogP contribution is 2.10. The monoisotopic (exact) mass is 334 g/mol. The lowest BCUT2D eigenvalue weighted by atomic mass is 10.2. The van der Waals surface area contributed by atoms with E-state index in [9.17, 15) is 9.59 Å². The van der Waals surface area contributed by atoms with Crippen LogP contribution in [0, 0.1) is 0 Å². The van der Waals surface area contributed by atoms with Crippen molar-refractivity contribution >= 4 is 35.0 Å². The summed E-state index contributed by atoms with van der Waals surface area (Å²) in [6.07, 6.45) is 2.70. The van der Waals surface area contributed by atoms with Crippen LogP contribution < -0.4 is 10.6 Å². The maximum Gasteiger partial charge on any atom is 0.255 e. The van der Waals surface area contributed by atoms with E-state index in [2.05, 4.69) is 10.6 Å². The first kappa shape index (κ1) is 16.1. The fourth-order valence-electron chi connectivity index (χ4n) is 1.60. The van der Waals surface area contributed by atoms with Crippen LogP contribution in [0.4, 0.5) is 0 Å². The largest absolute Gasteiger partial charge is 0.327 e. The van der Waals surface area contributed by atoms with Crippen LogP contribution in [-0.4, -0.2) is 11.8 Å². The highest BCUT2D eigenvalue weighted by atomic mass is 35.5. The molecule has 0 radical (unpaired) electrons. The molecule has 2 aromatic carbocycles. The molecule has 112 valence electrons. The number of carbonyl (C=O) groups is 2. The van der Waals surface area contributed by atoms with Gasteiger partial charge in [0, 0.05) is 33.6 Å². The molecule has 0 aliphatic carbocycles. The average Bonchev–Trinajstić information content (AvgIpc) is 2.52. The highest BCUT2D eigenvalue weighted by Gasteiger charge is 2.04. The minimum Gasteiger partial charge on any atom is -0.327 e. The molecule has 2 aromatic rings. The lowest BCUT2D eigenvalue weighted by molar-refractivity contribution is 0.0956. The highest BCUT2D eigenvalue weighted by molar-refractivity contribution is 6.31. The van der Waals surface area contributed by atoms with Crippen LogP contribution in [0.15, 0.2) is 60.9 Å². The zero-order chi connectivity index (χ0) is 15.9. The first-order valence-electron chi connectivity index (χ1n) is 6.34. The average molecular weight is 335 g/mol. The van der Waals surface area contributed by atoms with E-state index in [0.29, 0.717) is 21.2 Å². The van der Waals surface area contributed by atoms with Gasteiger partial charge in [-0.05, 0) is 48.5 Å². The van der Waals surface area contributed by atoms with Crippen molar-refractivity contribution in [2.45, 2.75) is 0 Å². The Kier molecular flexibility index (Phi) is 5.58. The Morgan fingerprint density at radius 2 is 1.00 bits per heavy atom. The Bertz CT molecular complexity index is 634. The summed E-state index contributed by atoms with van der Waals surface area (Å²) in [4.78, 5) is 23.6. The summed E-state index contributed by atoms with van der Waals surface area (Å²) >= 11 is 11.5. The summed E-state index contributed by atoms with van der Waals surface area (Å²) in [7, 11) is 0. The first-order valence-corrected chi connectivity index (χ1v) is 7.10. The van der Waals surface area contributed by atoms with Crippen LogP contribution in [0.25, 0.3) is 0 Å². The Balaban J connectivity index is 1.85. The molecule has 2 rings (SSSR count). The van der Waals surface area contributed by atoms with Crippen molar-refractivity contribution in [3.63, 3.8) is 0 Å². The van der Waals surface area contributed by atoms with Crippen LogP contribution in [-0.2, 0) is 0 Å². The van der Waals surface area contributed by atoms with Gasteiger partial charge in [0.15, 0.2) is 0 Å². The van der Waals surface area contributed by atoms with Gasteiger partial charge in [-0.3, -0.25) is 9.59 Å². The Morgan fingerprint density at radius 1 is 0.682 bits per heavy atom. The number of rotatable bonds is 4. The number of nitrogens with one attached hydrogen (secondary N) is 2. The summed E-state index contributed by atoms with van der Waals surface area (Å²) in [5.74, 6) is -0.595. The van der Waals surface area contributed by atoms with Crippen molar-refractivity contribution < 1.29 is 9.59 Å². The minimum absolute atomic E-state index is 0.298. The number of amides is 2. The molecule has 0 atom stereocenters. The van der Waals surface area contributed by atoms with Gasteiger partial charge in [-0.25, -0.2) is 0 Å². The molecule has 0 aliphatic heterocycles. The summed E-state index contributed by atoms with van der Waals surface area (Å²) in [5.41, 5.74) is 0.941. The first-order chi connectivity index (χ1) is 10.6. The third-order valence-corrected chi connectivity index (χ3v) is 3.23. The van der Waals surface area contributed by atoms with Gasteiger partial charge >= 0.3 is 0 Å². The number of halogens is 2. The van der Waals surface area contributed by atoms with Crippen LogP contribution in [0.3, 0.4) is 0 Å². The Hall–Kier alpha value is -2.30. The second kappa shape index (κ2) is 7.64. The van der Waals surface area contributed by atoms with E-state index in [1.807, 2.05) is 0 Å². The van der Waals surface area contributed by atoms with Crippen molar-refractivity contribution in [3.05, 3.63) is 82.1 Å². The number of benzene rings is 2. The molecular weight excluding hydrogens is 323 g/mol. The number of hydrogen-bond acceptors (Lipinski definition) is 2. The number of carbonyl (C=O) groups excluding carboxylic acids is 2. The standard InChI is InChI=1S/C16H12Cl2N2O2/c17-13-5-1-11(2-6-13)15(21)19-9-10-20-16(22)12-3-7-14(18)8-4-12/h1-10H,(H,19,21)(H,20,22)/b10-9-. The van der Waals surface area contributed by atoms with E-state index in [-0.39, 0.29) is 11.8 Å². The van der Waals surface area contributed by atoms with Gasteiger partial charge in [-0.15, -0.1) is 0 Å². The van der Waals surface area contributed by atoms with Crippen molar-refractivity contribution in [1.82, 2.24) is 10.6 Å². The van der Waals surface area contributed by atoms with Gasteiger partial charge in [0.2, 0.25) is 0 Å². The molecule has 0 aromatic heterocycles. The molecule has 6 heteroatoms. The van der Waals surface area contributed by atoms with Crippen molar-refractivity contribution in [1.29, 1.82) is 0 Å². The zero-order valence-corrected chi connectivity index (χ0v) is 12.9. The fourth-order valence-corrected chi connectivity index (χ4v) is 1.86. The molecule has 2 amide bonds. The lowest BCUT2D eigenvalue weighted by Gasteiger charge is -2.02. The van der Waals surface area contributed by atoms with E-state index in [1.54, 1.807) is 48.5 Å². The number of hydrogen-bond donors (Lipinski definition) is 2. The summed E-state index contributed by atoms with van der Waals surface area (Å²) in [5, 5.41) is 6.19. The van der Waals surface area contributed by atoms with Gasteiger partial charge in [0.05, 0.1) is 0 Å². The van der Waals surface area contributed by atoms with Crippen molar-refractivity contribution in [2.75, 3.05) is 0 Å². The smallest absolute Gasteiger partial charge is 0.255 e. The summed E-state index contributed by atoms with van der Waals surface area (Å²) in [6, 6.07) is 12.9. The predicted octanol–water partition coefficient (Wildman–Crippen LogP) is 3.62. The molecule has 0 saturated carbocycles. The molecule has 0 fully saturated rings. The molecule has 0 saturated heterocycles. The summed E-state index contributed by atoms with van der Waals surface area (Å²) < 4.78 is 0. The maximum absolute atomic E-state index is 11.8. The van der Waals surface area contributed by atoms with Crippen molar-refractivity contribution in [3.8, 4) is 0 Å². The maximum atomic E-state index is 11.8. The molecule has 0 bridgehead atoms. The molecule has 0 aliphatic rings. The van der Waals surface area contributed by atoms with Gasteiger partial charge in [-0.2, -0.15) is 0 Å². The van der Waals surface area contributed by atoms with Gasteiger partial charge in [0.25, 0.3) is 11.8 Å². The van der Waals surface area contributed by atoms with Gasteiger partial charge < -0.3 is 10.6 Å². The van der Waals surface area contributed by atoms with Gasteiger partial charge in [-0.1, -0.05) is 23.2 Å². The van der Waals surface area contributed by atoms with Crippen LogP contribution in [0.2, 0.25) is 10.0 Å². The lowest BCUT2D eigenvalue weighted by Crippen LogP contribution is -2.21. The molecule has 0 heterocycles. The third-order valence-electron chi connectivity index (χ3n) is 2.73. The molecule has 22 heavy (non-hydrogen) atoms. The normalized spacial score (nSPS) is 10.5. The molecule has 0 spiro atoms. The van der Waals surface area contributed by atoms with E-state index in [0.717, 1.165) is 0 Å². The van der Waals surface area contributed by atoms with E-state index < -0.39 is 0 Å². The predicted molar refractivity (Wildman–Crippen MR) is 87.0 cm³/mol. The molecule has 4 nitrogen and oxygen atoms in total. The molecular formula is C16H12Cl2N2O2. The Morgan fingerprint density at radius 3 is 1.32 bits per heavy atom. The van der Waals surface area contributed by atoms with E-state index >= 15 is 0 Å². The van der Waals surface area contributed by atoms with Crippen LogP contribution in [0.1, 0.15) is 20.7 Å². The zero-order valence-electron chi connectivity index (χ0n) is 11.3. The van der Waals surface area contributed by atoms with Crippen LogP contribution in [0.5, 0.6) is 0 Å².